The molecule has 1 aliphatic heterocycles. The smallest absolute Gasteiger partial charge is 0.270 e. The van der Waals surface area contributed by atoms with Crippen molar-refractivity contribution in [2.75, 3.05) is 40.3 Å². The van der Waals surface area contributed by atoms with Crippen LogP contribution in [0.5, 0.6) is 0 Å². The average molecular weight is 354 g/mol. The van der Waals surface area contributed by atoms with Crippen molar-refractivity contribution in [2.24, 2.45) is 0 Å². The molecule has 0 unspecified atom stereocenters. The maximum atomic E-state index is 13.1. The zero-order valence-corrected chi connectivity index (χ0v) is 15.6. The van der Waals surface area contributed by atoms with Crippen LogP contribution in [0, 0.1) is 6.92 Å². The number of carbonyl (C=O) groups excluding carboxylic acids is 2. The SMILES string of the molecule is Cc1ccc([C@@H](C(=O)N2CCN(C(=O)c3ccc[nH]3)CC2)N(C)C)cc1. The zero-order chi connectivity index (χ0) is 18.7. The van der Waals surface area contributed by atoms with Gasteiger partial charge < -0.3 is 14.8 Å². The largest absolute Gasteiger partial charge is 0.357 e. The van der Waals surface area contributed by atoms with E-state index in [-0.39, 0.29) is 17.9 Å². The van der Waals surface area contributed by atoms with Gasteiger partial charge in [-0.3, -0.25) is 14.5 Å². The molecule has 6 heteroatoms. The van der Waals surface area contributed by atoms with Crippen LogP contribution in [0.4, 0.5) is 0 Å². The summed E-state index contributed by atoms with van der Waals surface area (Å²) in [5, 5.41) is 0. The van der Waals surface area contributed by atoms with Crippen molar-refractivity contribution >= 4 is 11.8 Å². The Morgan fingerprint density at radius 1 is 1.00 bits per heavy atom. The average Bonchev–Trinajstić information content (AvgIpc) is 3.17. The highest BCUT2D eigenvalue weighted by molar-refractivity contribution is 5.92. The number of piperazine rings is 1. The molecule has 2 aromatic rings. The van der Waals surface area contributed by atoms with E-state index in [1.165, 1.54) is 5.56 Å². The first-order chi connectivity index (χ1) is 12.5. The number of aryl methyl sites for hydroxylation is 1. The highest BCUT2D eigenvalue weighted by atomic mass is 16.2. The second-order valence-corrected chi connectivity index (χ2v) is 6.98. The van der Waals surface area contributed by atoms with Crippen LogP contribution in [0.25, 0.3) is 0 Å². The number of amides is 2. The number of nitrogens with one attached hydrogen (secondary N) is 1. The first-order valence-corrected chi connectivity index (χ1v) is 8.92. The molecule has 0 radical (unpaired) electrons. The number of aromatic amines is 1. The van der Waals surface area contributed by atoms with E-state index in [0.29, 0.717) is 31.9 Å². The van der Waals surface area contributed by atoms with Gasteiger partial charge in [-0.15, -0.1) is 0 Å². The molecule has 0 saturated carbocycles. The summed E-state index contributed by atoms with van der Waals surface area (Å²) >= 11 is 0. The van der Waals surface area contributed by atoms with E-state index >= 15 is 0 Å². The Morgan fingerprint density at radius 3 is 2.15 bits per heavy atom. The molecule has 1 aromatic heterocycles. The minimum absolute atomic E-state index is 0.00945. The second-order valence-electron chi connectivity index (χ2n) is 6.98. The van der Waals surface area contributed by atoms with Crippen LogP contribution in [0.15, 0.2) is 42.6 Å². The Morgan fingerprint density at radius 2 is 1.62 bits per heavy atom. The number of rotatable bonds is 4. The van der Waals surface area contributed by atoms with Gasteiger partial charge in [0.05, 0.1) is 0 Å². The lowest BCUT2D eigenvalue weighted by molar-refractivity contribution is -0.137. The van der Waals surface area contributed by atoms with Crippen molar-refractivity contribution in [1.82, 2.24) is 19.7 Å². The standard InChI is InChI=1S/C20H26N4O2/c1-15-6-8-16(9-7-15)18(22(2)3)20(26)24-13-11-23(12-14-24)19(25)17-5-4-10-21-17/h4-10,18,21H,11-14H2,1-3H3/t18-/m0/s1. The van der Waals surface area contributed by atoms with Crippen LogP contribution in [-0.4, -0.2) is 71.8 Å². The molecule has 0 aliphatic carbocycles. The summed E-state index contributed by atoms with van der Waals surface area (Å²) in [6.07, 6.45) is 1.75. The minimum atomic E-state index is -0.304. The van der Waals surface area contributed by atoms with Gasteiger partial charge in [0.1, 0.15) is 11.7 Å². The van der Waals surface area contributed by atoms with E-state index in [1.807, 2.05) is 61.2 Å². The number of hydrogen-bond donors (Lipinski definition) is 1. The summed E-state index contributed by atoms with van der Waals surface area (Å²) in [4.78, 5) is 34.1. The summed E-state index contributed by atoms with van der Waals surface area (Å²) in [6, 6.07) is 11.4. The van der Waals surface area contributed by atoms with Crippen LogP contribution >= 0.6 is 0 Å². The topological polar surface area (TPSA) is 59.7 Å². The fourth-order valence-electron chi connectivity index (χ4n) is 3.35. The van der Waals surface area contributed by atoms with E-state index in [9.17, 15) is 9.59 Å². The lowest BCUT2D eigenvalue weighted by atomic mass is 10.0. The molecule has 1 atom stereocenters. The number of likely N-dealkylation sites (N-methyl/N-ethyl adjacent to an activating group) is 1. The van der Waals surface area contributed by atoms with Crippen molar-refractivity contribution in [2.45, 2.75) is 13.0 Å². The number of hydrogen-bond acceptors (Lipinski definition) is 3. The summed E-state index contributed by atoms with van der Waals surface area (Å²) < 4.78 is 0. The van der Waals surface area contributed by atoms with E-state index in [4.69, 9.17) is 0 Å². The van der Waals surface area contributed by atoms with E-state index in [2.05, 4.69) is 4.98 Å². The van der Waals surface area contributed by atoms with Crippen LogP contribution in [0.3, 0.4) is 0 Å². The first kappa shape index (κ1) is 18.2. The highest BCUT2D eigenvalue weighted by Gasteiger charge is 2.31. The van der Waals surface area contributed by atoms with E-state index in [0.717, 1.165) is 5.56 Å². The maximum Gasteiger partial charge on any atom is 0.270 e. The predicted octanol–water partition coefficient (Wildman–Crippen LogP) is 1.91. The molecule has 2 heterocycles. The number of H-pyrrole nitrogens is 1. The molecule has 1 N–H and O–H groups in total. The molecule has 138 valence electrons. The van der Waals surface area contributed by atoms with E-state index in [1.54, 1.807) is 17.2 Å². The van der Waals surface area contributed by atoms with Crippen molar-refractivity contribution in [3.8, 4) is 0 Å². The lowest BCUT2D eigenvalue weighted by Gasteiger charge is -2.37. The molecule has 1 aromatic carbocycles. The van der Waals surface area contributed by atoms with Gasteiger partial charge in [0.25, 0.3) is 5.91 Å². The quantitative estimate of drug-likeness (QED) is 0.912. The van der Waals surface area contributed by atoms with Crippen molar-refractivity contribution in [3.63, 3.8) is 0 Å². The summed E-state index contributed by atoms with van der Waals surface area (Å²) in [5.41, 5.74) is 2.77. The summed E-state index contributed by atoms with van der Waals surface area (Å²) in [5.74, 6) is 0.0793. The predicted molar refractivity (Wildman–Crippen MR) is 101 cm³/mol. The number of benzene rings is 1. The number of aromatic nitrogens is 1. The molecule has 3 rings (SSSR count). The molecule has 1 saturated heterocycles. The van der Waals surface area contributed by atoms with Gasteiger partial charge in [0, 0.05) is 32.4 Å². The summed E-state index contributed by atoms with van der Waals surface area (Å²) in [6.45, 7) is 4.26. The molecule has 2 amide bonds. The first-order valence-electron chi connectivity index (χ1n) is 8.92. The Hall–Kier alpha value is -2.60. The minimum Gasteiger partial charge on any atom is -0.357 e. The van der Waals surface area contributed by atoms with Crippen LogP contribution in [0.2, 0.25) is 0 Å². The Bertz CT molecular complexity index is 745. The maximum absolute atomic E-state index is 13.1. The third-order valence-electron chi connectivity index (χ3n) is 4.85. The molecule has 26 heavy (non-hydrogen) atoms. The lowest BCUT2D eigenvalue weighted by Crippen LogP contribution is -2.52. The van der Waals surface area contributed by atoms with Crippen molar-refractivity contribution in [1.29, 1.82) is 0 Å². The fraction of sp³-hybridized carbons (Fsp3) is 0.400. The summed E-state index contributed by atoms with van der Waals surface area (Å²) in [7, 11) is 3.85. The van der Waals surface area contributed by atoms with Crippen LogP contribution in [0.1, 0.15) is 27.7 Å². The molecule has 0 spiro atoms. The molecule has 6 nitrogen and oxygen atoms in total. The highest BCUT2D eigenvalue weighted by Crippen LogP contribution is 2.22. The van der Waals surface area contributed by atoms with Gasteiger partial charge in [0.2, 0.25) is 5.91 Å². The van der Waals surface area contributed by atoms with Crippen molar-refractivity contribution in [3.05, 3.63) is 59.4 Å². The zero-order valence-electron chi connectivity index (χ0n) is 15.6. The van der Waals surface area contributed by atoms with Gasteiger partial charge in [-0.2, -0.15) is 0 Å². The second kappa shape index (κ2) is 7.74. The Kier molecular flexibility index (Phi) is 5.42. The van der Waals surface area contributed by atoms with Crippen LogP contribution < -0.4 is 0 Å². The molecular weight excluding hydrogens is 328 g/mol. The number of nitrogens with zero attached hydrogens (tertiary/aromatic N) is 3. The van der Waals surface area contributed by atoms with E-state index < -0.39 is 0 Å². The number of carbonyl (C=O) groups is 2. The molecule has 1 fully saturated rings. The van der Waals surface area contributed by atoms with Gasteiger partial charge in [-0.1, -0.05) is 29.8 Å². The Balaban J connectivity index is 1.66. The third kappa shape index (κ3) is 3.80. The van der Waals surface area contributed by atoms with Gasteiger partial charge in [0.15, 0.2) is 0 Å². The van der Waals surface area contributed by atoms with Gasteiger partial charge in [-0.05, 0) is 38.7 Å². The fourth-order valence-corrected chi connectivity index (χ4v) is 3.35. The van der Waals surface area contributed by atoms with Crippen LogP contribution in [-0.2, 0) is 4.79 Å². The molecular formula is C20H26N4O2. The molecule has 1 aliphatic rings. The van der Waals surface area contributed by atoms with Gasteiger partial charge in [-0.25, -0.2) is 0 Å². The van der Waals surface area contributed by atoms with Crippen molar-refractivity contribution < 1.29 is 9.59 Å². The monoisotopic (exact) mass is 354 g/mol. The van der Waals surface area contributed by atoms with Gasteiger partial charge >= 0.3 is 0 Å². The Labute approximate surface area is 154 Å². The third-order valence-corrected chi connectivity index (χ3v) is 4.85. The molecule has 0 bridgehead atoms. The normalized spacial score (nSPS) is 16.0.